The number of hydrogen-bond donors (Lipinski definition) is 6. The molecule has 1 heterocycles. The van der Waals surface area contributed by atoms with Crippen LogP contribution in [0.15, 0.2) is 42.5 Å². The van der Waals surface area contributed by atoms with E-state index >= 15 is 0 Å². The van der Waals surface area contributed by atoms with Crippen LogP contribution < -0.4 is 26.6 Å². The zero-order valence-corrected chi connectivity index (χ0v) is 34.0. The van der Waals surface area contributed by atoms with E-state index in [1.807, 2.05) is 56.3 Å². The number of nitrogens with one attached hydrogen (secondary N) is 5. The quantitative estimate of drug-likeness (QED) is 0.0643. The van der Waals surface area contributed by atoms with Crippen molar-refractivity contribution in [2.45, 2.75) is 128 Å². The Morgan fingerprint density at radius 2 is 1.54 bits per heavy atom. The molecule has 1 aliphatic heterocycles. The molecule has 16 heteroatoms. The fourth-order valence-electron chi connectivity index (χ4n) is 8.01. The Hall–Kier alpha value is -5.54. The first-order valence-electron chi connectivity index (χ1n) is 21.0. The summed E-state index contributed by atoms with van der Waals surface area (Å²) >= 11 is 0. The number of carboxylic acids is 1. The van der Waals surface area contributed by atoms with Crippen molar-refractivity contribution in [3.63, 3.8) is 0 Å². The van der Waals surface area contributed by atoms with Crippen LogP contribution >= 0.6 is 0 Å². The molecule has 7 amide bonds. The van der Waals surface area contributed by atoms with Gasteiger partial charge in [-0.2, -0.15) is 0 Å². The van der Waals surface area contributed by atoms with Crippen LogP contribution in [-0.2, 0) is 44.8 Å². The summed E-state index contributed by atoms with van der Waals surface area (Å²) < 4.78 is 0. The minimum absolute atomic E-state index is 0.0382. The van der Waals surface area contributed by atoms with Gasteiger partial charge in [0.15, 0.2) is 0 Å². The second-order valence-electron chi connectivity index (χ2n) is 16.3. The van der Waals surface area contributed by atoms with Crippen molar-refractivity contribution in [3.05, 3.63) is 48.0 Å². The molecule has 3 fully saturated rings. The van der Waals surface area contributed by atoms with Crippen molar-refractivity contribution < 1.29 is 48.3 Å². The summed E-state index contributed by atoms with van der Waals surface area (Å²) in [6.07, 6.45) is 6.42. The standard InChI is InChI=1S/C43H58N6O10/c1-3-9-27(2)46-42(58)48-33(39(54)55)12-6-7-23-44-38(53)34(25-29-15-16-30-10-4-5-11-32(30)24-29)47-37(52)31-17-13-28(14-18-31)26-45-40(56)43(21-8-22-43)41(57)59-49-35(50)19-20-36(49)51/h4-5,10-11,15-16,24,27-28,31,33-34H,3,6-9,12-14,17-23,25-26H2,1-2H3,(H,44,53)(H,45,56)(H,47,52)(H,54,55)(H2,46,48,58)/t27-,28?,31?,33-,34-/m0/s1. The first-order valence-corrected chi connectivity index (χ1v) is 21.0. The number of nitrogens with zero attached hydrogens (tertiary/aromatic N) is 1. The van der Waals surface area contributed by atoms with Gasteiger partial charge in [0, 0.05) is 44.3 Å². The van der Waals surface area contributed by atoms with Gasteiger partial charge in [-0.1, -0.05) is 62.2 Å². The molecule has 2 saturated carbocycles. The minimum atomic E-state index is -1.44. The largest absolute Gasteiger partial charge is 0.480 e. The molecule has 2 aliphatic carbocycles. The maximum absolute atomic E-state index is 13.7. The van der Waals surface area contributed by atoms with Gasteiger partial charge in [-0.3, -0.25) is 24.0 Å². The molecule has 2 aromatic rings. The molecular weight excluding hydrogens is 761 g/mol. The number of rotatable bonds is 20. The van der Waals surface area contributed by atoms with Crippen molar-refractivity contribution in [2.24, 2.45) is 17.3 Å². The van der Waals surface area contributed by atoms with Crippen LogP contribution in [0, 0.1) is 17.3 Å². The molecule has 5 rings (SSSR count). The zero-order valence-electron chi connectivity index (χ0n) is 34.0. The number of fused-ring (bicyclic) bond motifs is 1. The number of hydroxylamine groups is 2. The van der Waals surface area contributed by atoms with E-state index in [-0.39, 0.29) is 74.8 Å². The lowest BCUT2D eigenvalue weighted by molar-refractivity contribution is -0.209. The molecule has 320 valence electrons. The van der Waals surface area contributed by atoms with E-state index in [0.29, 0.717) is 56.6 Å². The van der Waals surface area contributed by atoms with Gasteiger partial charge in [0.2, 0.25) is 17.7 Å². The van der Waals surface area contributed by atoms with Gasteiger partial charge in [0.25, 0.3) is 11.8 Å². The van der Waals surface area contributed by atoms with Gasteiger partial charge in [0.05, 0.1) is 0 Å². The number of imide groups is 1. The molecular formula is C43H58N6O10. The highest BCUT2D eigenvalue weighted by Crippen LogP contribution is 2.43. The van der Waals surface area contributed by atoms with Crippen molar-refractivity contribution in [3.8, 4) is 0 Å². The topological polar surface area (TPSA) is 229 Å². The number of carboxylic acid groups (broad SMARTS) is 1. The number of hydrogen-bond acceptors (Lipinski definition) is 9. The van der Waals surface area contributed by atoms with E-state index in [1.165, 1.54) is 0 Å². The number of carbonyl (C=O) groups excluding carboxylic acids is 7. The van der Waals surface area contributed by atoms with Crippen LogP contribution in [0.2, 0.25) is 0 Å². The summed E-state index contributed by atoms with van der Waals surface area (Å²) in [6, 6.07) is 11.2. The van der Waals surface area contributed by atoms with Crippen LogP contribution in [0.5, 0.6) is 0 Å². The molecule has 0 aromatic heterocycles. The predicted molar refractivity (Wildman–Crippen MR) is 216 cm³/mol. The molecule has 0 bridgehead atoms. The van der Waals surface area contributed by atoms with Gasteiger partial charge < -0.3 is 36.5 Å². The van der Waals surface area contributed by atoms with E-state index in [1.54, 1.807) is 0 Å². The monoisotopic (exact) mass is 818 g/mol. The van der Waals surface area contributed by atoms with E-state index in [2.05, 4.69) is 26.6 Å². The molecule has 2 aromatic carbocycles. The van der Waals surface area contributed by atoms with Crippen LogP contribution in [0.4, 0.5) is 4.79 Å². The van der Waals surface area contributed by atoms with Gasteiger partial charge in [-0.25, -0.2) is 14.4 Å². The molecule has 16 nitrogen and oxygen atoms in total. The summed E-state index contributed by atoms with van der Waals surface area (Å²) in [7, 11) is 0. The molecule has 0 unspecified atom stereocenters. The van der Waals surface area contributed by atoms with E-state index < -0.39 is 53.2 Å². The Labute approximate surface area is 344 Å². The van der Waals surface area contributed by atoms with Crippen molar-refractivity contribution in [1.82, 2.24) is 31.6 Å². The summed E-state index contributed by atoms with van der Waals surface area (Å²) in [5.74, 6) is -4.62. The van der Waals surface area contributed by atoms with Crippen LogP contribution in [-0.4, -0.2) is 88.9 Å². The minimum Gasteiger partial charge on any atom is -0.480 e. The maximum atomic E-state index is 13.7. The summed E-state index contributed by atoms with van der Waals surface area (Å²) in [6.45, 7) is 4.40. The van der Waals surface area contributed by atoms with Gasteiger partial charge in [-0.05, 0) is 93.4 Å². The van der Waals surface area contributed by atoms with Crippen molar-refractivity contribution >= 4 is 58.3 Å². The Morgan fingerprint density at radius 3 is 2.19 bits per heavy atom. The highest BCUT2D eigenvalue weighted by molar-refractivity contribution is 6.06. The lowest BCUT2D eigenvalue weighted by Crippen LogP contribution is -2.54. The fraction of sp³-hybridized carbons (Fsp3) is 0.581. The van der Waals surface area contributed by atoms with Gasteiger partial charge >= 0.3 is 18.0 Å². The Morgan fingerprint density at radius 1 is 0.847 bits per heavy atom. The predicted octanol–water partition coefficient (Wildman–Crippen LogP) is 3.79. The Kier molecular flexibility index (Phi) is 15.8. The number of aliphatic carboxylic acids is 1. The first-order chi connectivity index (χ1) is 28.3. The average Bonchev–Trinajstić information content (AvgIpc) is 3.50. The highest BCUT2D eigenvalue weighted by atomic mass is 16.7. The number of unbranched alkanes of at least 4 members (excludes halogenated alkanes) is 1. The number of amides is 7. The van der Waals surface area contributed by atoms with Crippen molar-refractivity contribution in [1.29, 1.82) is 0 Å². The van der Waals surface area contributed by atoms with Gasteiger partial charge in [-0.15, -0.1) is 5.06 Å². The van der Waals surface area contributed by atoms with Crippen molar-refractivity contribution in [2.75, 3.05) is 13.1 Å². The molecule has 0 spiro atoms. The maximum Gasteiger partial charge on any atom is 0.348 e. The average molecular weight is 819 g/mol. The smallest absolute Gasteiger partial charge is 0.348 e. The third-order valence-electron chi connectivity index (χ3n) is 11.8. The Balaban J connectivity index is 1.11. The molecule has 3 atom stereocenters. The molecule has 0 radical (unpaired) electrons. The van der Waals surface area contributed by atoms with E-state index in [9.17, 15) is 43.5 Å². The lowest BCUT2D eigenvalue weighted by atomic mass is 9.68. The van der Waals surface area contributed by atoms with E-state index in [0.717, 1.165) is 29.2 Å². The zero-order chi connectivity index (χ0) is 42.5. The fourth-order valence-corrected chi connectivity index (χ4v) is 8.01. The summed E-state index contributed by atoms with van der Waals surface area (Å²) in [5.41, 5.74) is -0.568. The van der Waals surface area contributed by atoms with Gasteiger partial charge in [0.1, 0.15) is 17.5 Å². The Bertz CT molecular complexity index is 1860. The molecule has 59 heavy (non-hydrogen) atoms. The van der Waals surface area contributed by atoms with Crippen LogP contribution in [0.3, 0.4) is 0 Å². The number of carbonyl (C=O) groups is 8. The second-order valence-corrected chi connectivity index (χ2v) is 16.3. The highest BCUT2D eigenvalue weighted by Gasteiger charge is 2.54. The number of urea groups is 1. The molecule has 6 N–H and O–H groups in total. The van der Waals surface area contributed by atoms with E-state index in [4.69, 9.17) is 4.84 Å². The first kappa shape index (κ1) is 44.6. The third kappa shape index (κ3) is 12.0. The second kappa shape index (κ2) is 20.9. The SMILES string of the molecule is CCC[C@H](C)NC(=O)N[C@@H](CCCCNC(=O)[C@H](Cc1ccc2ccccc2c1)NC(=O)C1CCC(CNC(=O)C2(C(=O)ON3C(=O)CCC3=O)CCC2)CC1)C(=O)O. The molecule has 1 saturated heterocycles. The van der Waals surface area contributed by atoms with Crippen LogP contribution in [0.25, 0.3) is 10.8 Å². The lowest BCUT2D eigenvalue weighted by Gasteiger charge is -2.38. The summed E-state index contributed by atoms with van der Waals surface area (Å²) in [4.78, 5) is 107. The summed E-state index contributed by atoms with van der Waals surface area (Å²) in [5, 5.41) is 26.2. The normalized spacial score (nSPS) is 20.1. The number of benzene rings is 2. The molecule has 3 aliphatic rings. The third-order valence-corrected chi connectivity index (χ3v) is 11.8. The van der Waals surface area contributed by atoms with Crippen LogP contribution in [0.1, 0.15) is 109 Å².